The Hall–Kier alpha value is -0.610. The number of aromatic amines is 1. The summed E-state index contributed by atoms with van der Waals surface area (Å²) in [4.78, 5) is 8.04. The molecule has 0 radical (unpaired) electrons. The molecule has 1 aromatic heterocycles. The average molecular weight is 278 g/mol. The molecule has 0 spiro atoms. The summed E-state index contributed by atoms with van der Waals surface area (Å²) in [5, 5.41) is 1.05. The Labute approximate surface area is 117 Å². The maximum absolute atomic E-state index is 4.63. The Morgan fingerprint density at radius 1 is 1.44 bits per heavy atom. The first kappa shape index (κ1) is 12.4. The maximum Gasteiger partial charge on any atom is 0.166 e. The second-order valence-corrected chi connectivity index (χ2v) is 6.64. The standard InChI is InChI=1S/C14H18N2S2/c1-10-3-4-11-12(7-10)16-13(15-11)18-9-14(8-17)5-2-6-14/h3-4,7,17H,2,5-6,8-9H2,1H3,(H,15,16). The normalized spacial score (nSPS) is 17.9. The van der Waals surface area contributed by atoms with Crippen LogP contribution in [0, 0.1) is 12.3 Å². The van der Waals surface area contributed by atoms with Crippen LogP contribution in [0.15, 0.2) is 23.4 Å². The summed E-state index contributed by atoms with van der Waals surface area (Å²) in [7, 11) is 0. The van der Waals surface area contributed by atoms with Crippen molar-refractivity contribution >= 4 is 35.4 Å². The number of benzene rings is 1. The Kier molecular flexibility index (Phi) is 3.32. The van der Waals surface area contributed by atoms with Gasteiger partial charge >= 0.3 is 0 Å². The van der Waals surface area contributed by atoms with Crippen molar-refractivity contribution in [3.05, 3.63) is 23.8 Å². The highest BCUT2D eigenvalue weighted by atomic mass is 32.2. The van der Waals surface area contributed by atoms with Gasteiger partial charge in [-0.2, -0.15) is 12.6 Å². The van der Waals surface area contributed by atoms with Crippen molar-refractivity contribution in [2.24, 2.45) is 5.41 Å². The number of thiol groups is 1. The van der Waals surface area contributed by atoms with Crippen LogP contribution in [0.1, 0.15) is 24.8 Å². The number of aryl methyl sites for hydroxylation is 1. The third kappa shape index (κ3) is 2.28. The highest BCUT2D eigenvalue weighted by molar-refractivity contribution is 7.99. The lowest BCUT2D eigenvalue weighted by molar-refractivity contribution is 0.205. The van der Waals surface area contributed by atoms with Gasteiger partial charge in [0.15, 0.2) is 5.16 Å². The molecule has 1 aliphatic rings. The highest BCUT2D eigenvalue weighted by Gasteiger charge is 2.35. The van der Waals surface area contributed by atoms with Crippen LogP contribution in [0.4, 0.5) is 0 Å². The van der Waals surface area contributed by atoms with E-state index in [-0.39, 0.29) is 0 Å². The third-order valence-electron chi connectivity index (χ3n) is 3.88. The molecule has 0 saturated heterocycles. The van der Waals surface area contributed by atoms with E-state index in [2.05, 4.69) is 47.7 Å². The fourth-order valence-electron chi connectivity index (χ4n) is 2.41. The van der Waals surface area contributed by atoms with E-state index in [1.807, 2.05) is 11.8 Å². The summed E-state index contributed by atoms with van der Waals surface area (Å²) in [5.74, 6) is 2.13. The van der Waals surface area contributed by atoms with Crippen LogP contribution in [0.5, 0.6) is 0 Å². The molecule has 0 unspecified atom stereocenters. The summed E-state index contributed by atoms with van der Waals surface area (Å²) >= 11 is 6.34. The Balaban J connectivity index is 1.74. The van der Waals surface area contributed by atoms with E-state index in [1.54, 1.807) is 0 Å². The van der Waals surface area contributed by atoms with E-state index < -0.39 is 0 Å². The molecule has 0 bridgehead atoms. The van der Waals surface area contributed by atoms with Crippen LogP contribution < -0.4 is 0 Å². The largest absolute Gasteiger partial charge is 0.333 e. The highest BCUT2D eigenvalue weighted by Crippen LogP contribution is 2.45. The number of rotatable bonds is 4. The van der Waals surface area contributed by atoms with Gasteiger partial charge in [-0.05, 0) is 48.6 Å². The number of nitrogens with one attached hydrogen (secondary N) is 1. The fourth-order valence-corrected chi connectivity index (χ4v) is 4.17. The first-order valence-electron chi connectivity index (χ1n) is 6.41. The second-order valence-electron chi connectivity index (χ2n) is 5.36. The molecule has 2 nitrogen and oxygen atoms in total. The lowest BCUT2D eigenvalue weighted by atomic mass is 9.72. The number of imidazole rings is 1. The maximum atomic E-state index is 4.63. The number of nitrogens with zero attached hydrogens (tertiary/aromatic N) is 1. The molecule has 0 atom stereocenters. The summed E-state index contributed by atoms with van der Waals surface area (Å²) < 4.78 is 0. The molecule has 0 amide bonds. The second kappa shape index (κ2) is 4.82. The molecule has 0 aliphatic heterocycles. The van der Waals surface area contributed by atoms with Crippen molar-refractivity contribution in [2.75, 3.05) is 11.5 Å². The zero-order valence-electron chi connectivity index (χ0n) is 10.6. The molecule has 96 valence electrons. The van der Waals surface area contributed by atoms with Crippen molar-refractivity contribution in [3.63, 3.8) is 0 Å². The van der Waals surface area contributed by atoms with Gasteiger partial charge in [0.2, 0.25) is 0 Å². The fraction of sp³-hybridized carbons (Fsp3) is 0.500. The van der Waals surface area contributed by atoms with Crippen molar-refractivity contribution in [3.8, 4) is 0 Å². The zero-order chi connectivity index (χ0) is 12.6. The summed E-state index contributed by atoms with van der Waals surface area (Å²) in [6.45, 7) is 2.11. The lowest BCUT2D eigenvalue weighted by Crippen LogP contribution is -2.33. The van der Waals surface area contributed by atoms with E-state index in [0.29, 0.717) is 5.41 Å². The molecule has 1 fully saturated rings. The van der Waals surface area contributed by atoms with Crippen molar-refractivity contribution in [1.29, 1.82) is 0 Å². The van der Waals surface area contributed by atoms with E-state index in [0.717, 1.165) is 27.7 Å². The van der Waals surface area contributed by atoms with Crippen LogP contribution in [0.2, 0.25) is 0 Å². The molecule has 18 heavy (non-hydrogen) atoms. The Bertz CT molecular complexity index is 552. The number of aromatic nitrogens is 2. The number of thioether (sulfide) groups is 1. The molecular formula is C14H18N2S2. The summed E-state index contributed by atoms with van der Waals surface area (Å²) in [5.41, 5.74) is 3.94. The molecule has 1 N–H and O–H groups in total. The zero-order valence-corrected chi connectivity index (χ0v) is 12.3. The molecule has 1 saturated carbocycles. The van der Waals surface area contributed by atoms with Crippen molar-refractivity contribution < 1.29 is 0 Å². The van der Waals surface area contributed by atoms with Gasteiger partial charge in [0, 0.05) is 5.75 Å². The van der Waals surface area contributed by atoms with Crippen LogP contribution in [0.25, 0.3) is 11.0 Å². The van der Waals surface area contributed by atoms with E-state index in [4.69, 9.17) is 0 Å². The molecule has 1 aromatic carbocycles. The van der Waals surface area contributed by atoms with E-state index in [1.165, 1.54) is 24.8 Å². The first-order chi connectivity index (χ1) is 8.71. The van der Waals surface area contributed by atoms with Crippen molar-refractivity contribution in [1.82, 2.24) is 9.97 Å². The number of fused-ring (bicyclic) bond motifs is 1. The topological polar surface area (TPSA) is 28.7 Å². The molecule has 1 heterocycles. The SMILES string of the molecule is Cc1ccc2nc(SCC3(CS)CCC3)[nH]c2c1. The van der Waals surface area contributed by atoms with Crippen LogP contribution in [-0.4, -0.2) is 21.5 Å². The van der Waals surface area contributed by atoms with Crippen LogP contribution >= 0.6 is 24.4 Å². The van der Waals surface area contributed by atoms with Gasteiger partial charge in [-0.15, -0.1) is 0 Å². The number of H-pyrrole nitrogens is 1. The summed E-state index contributed by atoms with van der Waals surface area (Å²) in [6, 6.07) is 6.35. The minimum atomic E-state index is 0.461. The molecule has 1 aliphatic carbocycles. The van der Waals surface area contributed by atoms with Crippen LogP contribution in [0.3, 0.4) is 0 Å². The summed E-state index contributed by atoms with van der Waals surface area (Å²) in [6.07, 6.45) is 4.01. The van der Waals surface area contributed by atoms with Gasteiger partial charge in [0.25, 0.3) is 0 Å². The smallest absolute Gasteiger partial charge is 0.166 e. The van der Waals surface area contributed by atoms with Gasteiger partial charge < -0.3 is 4.98 Å². The van der Waals surface area contributed by atoms with Gasteiger partial charge in [0.05, 0.1) is 11.0 Å². The minimum absolute atomic E-state index is 0.461. The first-order valence-corrected chi connectivity index (χ1v) is 8.03. The predicted molar refractivity (Wildman–Crippen MR) is 81.7 cm³/mol. The van der Waals surface area contributed by atoms with E-state index >= 15 is 0 Å². The molecule has 3 rings (SSSR count). The Morgan fingerprint density at radius 2 is 2.28 bits per heavy atom. The van der Waals surface area contributed by atoms with E-state index in [9.17, 15) is 0 Å². The Morgan fingerprint density at radius 3 is 2.94 bits per heavy atom. The van der Waals surface area contributed by atoms with Gasteiger partial charge in [0.1, 0.15) is 0 Å². The van der Waals surface area contributed by atoms with Crippen molar-refractivity contribution in [2.45, 2.75) is 31.3 Å². The predicted octanol–water partition coefficient (Wildman–Crippen LogP) is 4.06. The minimum Gasteiger partial charge on any atom is -0.333 e. The average Bonchev–Trinajstić information content (AvgIpc) is 2.70. The number of hydrogen-bond acceptors (Lipinski definition) is 3. The molecule has 4 heteroatoms. The number of hydrogen-bond donors (Lipinski definition) is 2. The monoisotopic (exact) mass is 278 g/mol. The quantitative estimate of drug-likeness (QED) is 0.652. The van der Waals surface area contributed by atoms with Gasteiger partial charge in [-0.1, -0.05) is 24.2 Å². The molecule has 2 aromatic rings. The molecular weight excluding hydrogens is 260 g/mol. The third-order valence-corrected chi connectivity index (χ3v) is 5.77. The van der Waals surface area contributed by atoms with Gasteiger partial charge in [-0.25, -0.2) is 4.98 Å². The lowest BCUT2D eigenvalue weighted by Gasteiger charge is -2.40. The van der Waals surface area contributed by atoms with Gasteiger partial charge in [-0.3, -0.25) is 0 Å². The van der Waals surface area contributed by atoms with Crippen LogP contribution in [-0.2, 0) is 0 Å².